The molecule has 1 fully saturated rings. The molecule has 0 unspecified atom stereocenters. The van der Waals surface area contributed by atoms with Crippen LogP contribution in [0.5, 0.6) is 0 Å². The van der Waals surface area contributed by atoms with Crippen LogP contribution in [0.4, 0.5) is 0 Å². The normalized spacial score (nSPS) is 19.9. The van der Waals surface area contributed by atoms with E-state index in [9.17, 15) is 13.2 Å². The van der Waals surface area contributed by atoms with Crippen LogP contribution in [0.15, 0.2) is 17.2 Å². The summed E-state index contributed by atoms with van der Waals surface area (Å²) >= 11 is 0. The van der Waals surface area contributed by atoms with Gasteiger partial charge in [-0.05, 0) is 25.6 Å². The largest absolute Gasteiger partial charge is 0.477 e. The molecule has 1 atom stereocenters. The van der Waals surface area contributed by atoms with Gasteiger partial charge < -0.3 is 9.67 Å². The van der Waals surface area contributed by atoms with Crippen molar-refractivity contribution in [1.29, 1.82) is 0 Å². The molecule has 2 rings (SSSR count). The van der Waals surface area contributed by atoms with Gasteiger partial charge in [0.25, 0.3) is 0 Å². The van der Waals surface area contributed by atoms with Crippen molar-refractivity contribution < 1.29 is 18.3 Å². The maximum absolute atomic E-state index is 12.7. The molecule has 0 aromatic carbocycles. The highest BCUT2D eigenvalue weighted by Gasteiger charge is 2.35. The Bertz CT molecular complexity index is 649. The lowest BCUT2D eigenvalue weighted by Gasteiger charge is -2.25. The average molecular weight is 329 g/mol. The molecule has 1 saturated heterocycles. The zero-order valence-corrected chi connectivity index (χ0v) is 14.0. The zero-order chi connectivity index (χ0) is 16.5. The summed E-state index contributed by atoms with van der Waals surface area (Å²) in [5, 5.41) is 9.05. The van der Waals surface area contributed by atoms with Crippen molar-refractivity contribution >= 4 is 16.0 Å². The number of likely N-dealkylation sites (N-methyl/N-ethyl adjacent to an activating group) is 1. The summed E-state index contributed by atoms with van der Waals surface area (Å²) in [5.74, 6) is -1.13. The second kappa shape index (κ2) is 6.39. The summed E-state index contributed by atoms with van der Waals surface area (Å²) in [4.78, 5) is 13.4. The summed E-state index contributed by atoms with van der Waals surface area (Å²) < 4.78 is 28.1. The Kier molecular flexibility index (Phi) is 4.93. The number of hydrogen-bond donors (Lipinski definition) is 1. The van der Waals surface area contributed by atoms with E-state index >= 15 is 0 Å². The predicted molar refractivity (Wildman–Crippen MR) is 82.5 cm³/mol. The lowest BCUT2D eigenvalue weighted by molar-refractivity contribution is 0.0686. The Morgan fingerprint density at radius 3 is 2.55 bits per heavy atom. The fraction of sp³-hybridized carbons (Fsp3) is 0.643. The monoisotopic (exact) mass is 329 g/mol. The molecule has 0 saturated carbocycles. The van der Waals surface area contributed by atoms with Gasteiger partial charge in [0.15, 0.2) is 0 Å². The molecular weight excluding hydrogens is 306 g/mol. The number of aromatic nitrogens is 1. The number of sulfonamides is 1. The summed E-state index contributed by atoms with van der Waals surface area (Å²) in [7, 11) is -2.10. The van der Waals surface area contributed by atoms with Gasteiger partial charge in [-0.25, -0.2) is 13.2 Å². The van der Waals surface area contributed by atoms with Crippen LogP contribution in [-0.4, -0.2) is 65.5 Å². The smallest absolute Gasteiger partial charge is 0.352 e. The molecule has 0 radical (unpaired) electrons. The topological polar surface area (TPSA) is 82.8 Å². The Morgan fingerprint density at radius 1 is 1.41 bits per heavy atom. The van der Waals surface area contributed by atoms with E-state index in [1.165, 1.54) is 28.2 Å². The number of nitrogens with zero attached hydrogens (tertiary/aromatic N) is 3. The highest BCUT2D eigenvalue weighted by molar-refractivity contribution is 7.89. The summed E-state index contributed by atoms with van der Waals surface area (Å²) in [6, 6.07) is 1.45. The van der Waals surface area contributed by atoms with Gasteiger partial charge in [0.05, 0.1) is 0 Å². The van der Waals surface area contributed by atoms with E-state index in [1.54, 1.807) is 0 Å². The molecule has 2 heterocycles. The van der Waals surface area contributed by atoms with E-state index in [2.05, 4.69) is 18.7 Å². The Labute approximate surface area is 131 Å². The number of carbonyl (C=O) groups is 1. The molecule has 1 N–H and O–H groups in total. The molecule has 0 spiro atoms. The highest BCUT2D eigenvalue weighted by atomic mass is 32.2. The molecule has 7 nitrogen and oxygen atoms in total. The van der Waals surface area contributed by atoms with Crippen molar-refractivity contribution in [2.24, 2.45) is 7.05 Å². The molecule has 124 valence electrons. The Balaban J connectivity index is 2.22. The van der Waals surface area contributed by atoms with E-state index < -0.39 is 16.0 Å². The first kappa shape index (κ1) is 17.0. The van der Waals surface area contributed by atoms with Gasteiger partial charge in [-0.15, -0.1) is 0 Å². The quantitative estimate of drug-likeness (QED) is 0.836. The van der Waals surface area contributed by atoms with Crippen LogP contribution in [0.2, 0.25) is 0 Å². The average Bonchev–Trinajstić information content (AvgIpc) is 3.07. The molecule has 0 aliphatic carbocycles. The SMILES string of the molecule is CCN(CC)[C@H]1CCN(S(=O)(=O)c2cc(C(=O)O)n(C)c2)C1. The van der Waals surface area contributed by atoms with Crippen molar-refractivity contribution in [3.63, 3.8) is 0 Å². The van der Waals surface area contributed by atoms with Crippen molar-refractivity contribution in [2.45, 2.75) is 31.2 Å². The molecule has 22 heavy (non-hydrogen) atoms. The van der Waals surface area contributed by atoms with Gasteiger partial charge in [-0.1, -0.05) is 13.8 Å². The molecule has 1 aromatic heterocycles. The third-order valence-electron chi connectivity index (χ3n) is 4.29. The minimum Gasteiger partial charge on any atom is -0.477 e. The van der Waals surface area contributed by atoms with E-state index in [4.69, 9.17) is 5.11 Å². The van der Waals surface area contributed by atoms with Crippen LogP contribution in [0, 0.1) is 0 Å². The van der Waals surface area contributed by atoms with Crippen molar-refractivity contribution in [1.82, 2.24) is 13.8 Å². The lowest BCUT2D eigenvalue weighted by atomic mass is 10.2. The minimum atomic E-state index is -3.63. The number of hydrogen-bond acceptors (Lipinski definition) is 4. The highest BCUT2D eigenvalue weighted by Crippen LogP contribution is 2.24. The molecule has 0 bridgehead atoms. The maximum Gasteiger partial charge on any atom is 0.352 e. The lowest BCUT2D eigenvalue weighted by Crippen LogP contribution is -2.38. The van der Waals surface area contributed by atoms with Crippen LogP contribution >= 0.6 is 0 Å². The minimum absolute atomic E-state index is 0.0296. The second-order valence-electron chi connectivity index (χ2n) is 5.50. The number of aryl methyl sites for hydroxylation is 1. The third kappa shape index (κ3) is 3.04. The van der Waals surface area contributed by atoms with Crippen molar-refractivity contribution in [2.75, 3.05) is 26.2 Å². The van der Waals surface area contributed by atoms with Gasteiger partial charge in [0.2, 0.25) is 10.0 Å². The van der Waals surface area contributed by atoms with Gasteiger partial charge in [0, 0.05) is 32.4 Å². The molecule has 1 aromatic rings. The molecule has 8 heteroatoms. The first-order valence-electron chi connectivity index (χ1n) is 7.45. The number of aromatic carboxylic acids is 1. The fourth-order valence-corrected chi connectivity index (χ4v) is 4.57. The summed E-state index contributed by atoms with van der Waals surface area (Å²) in [6.45, 7) is 6.85. The fourth-order valence-electron chi connectivity index (χ4n) is 3.00. The Morgan fingerprint density at radius 2 is 2.05 bits per heavy atom. The first-order valence-corrected chi connectivity index (χ1v) is 8.89. The third-order valence-corrected chi connectivity index (χ3v) is 6.12. The van der Waals surface area contributed by atoms with Gasteiger partial charge in [0.1, 0.15) is 10.6 Å². The van der Waals surface area contributed by atoms with Crippen molar-refractivity contribution in [3.05, 3.63) is 18.0 Å². The van der Waals surface area contributed by atoms with Crippen LogP contribution in [-0.2, 0) is 17.1 Å². The summed E-state index contributed by atoms with van der Waals surface area (Å²) in [6.07, 6.45) is 2.17. The Hall–Kier alpha value is -1.38. The number of carboxylic acids is 1. The van der Waals surface area contributed by atoms with Crippen LogP contribution in [0.25, 0.3) is 0 Å². The van der Waals surface area contributed by atoms with E-state index in [0.29, 0.717) is 13.1 Å². The molecule has 1 aliphatic rings. The van der Waals surface area contributed by atoms with E-state index in [-0.39, 0.29) is 16.6 Å². The zero-order valence-electron chi connectivity index (χ0n) is 13.2. The molecular formula is C14H23N3O4S. The first-order chi connectivity index (χ1) is 10.3. The molecule has 0 amide bonds. The maximum atomic E-state index is 12.7. The number of carboxylic acid groups (broad SMARTS) is 1. The van der Waals surface area contributed by atoms with Crippen molar-refractivity contribution in [3.8, 4) is 0 Å². The second-order valence-corrected chi connectivity index (χ2v) is 7.44. The predicted octanol–water partition coefficient (Wildman–Crippen LogP) is 0.828. The van der Waals surface area contributed by atoms with Crippen LogP contribution < -0.4 is 0 Å². The number of rotatable bonds is 6. The van der Waals surface area contributed by atoms with Crippen LogP contribution in [0.3, 0.4) is 0 Å². The van der Waals surface area contributed by atoms with Gasteiger partial charge >= 0.3 is 5.97 Å². The summed E-state index contributed by atoms with van der Waals surface area (Å²) in [5.41, 5.74) is -0.0296. The van der Waals surface area contributed by atoms with Crippen LogP contribution in [0.1, 0.15) is 30.8 Å². The van der Waals surface area contributed by atoms with E-state index in [0.717, 1.165) is 19.5 Å². The molecule has 1 aliphatic heterocycles. The van der Waals surface area contributed by atoms with Gasteiger partial charge in [-0.2, -0.15) is 4.31 Å². The standard InChI is InChI=1S/C14H23N3O4S/c1-4-16(5-2)11-6-7-17(9-11)22(20,21)12-8-13(14(18)19)15(3)10-12/h8,10-11H,4-7,9H2,1-3H3,(H,18,19)/t11-/m0/s1. The van der Waals surface area contributed by atoms with Gasteiger partial charge in [-0.3, -0.25) is 4.90 Å². The van der Waals surface area contributed by atoms with E-state index in [1.807, 2.05) is 0 Å².